The first kappa shape index (κ1) is 10.7. The Morgan fingerprint density at radius 2 is 2.27 bits per heavy atom. The average molecular weight is 229 g/mol. The van der Waals surface area contributed by atoms with Crippen LogP contribution in [-0.4, -0.2) is 20.3 Å². The predicted molar refractivity (Wildman–Crippen MR) is 57.8 cm³/mol. The zero-order valence-electron chi connectivity index (χ0n) is 8.42. The number of methoxy groups -OCH3 is 1. The quantitative estimate of drug-likeness (QED) is 0.600. The molecule has 0 atom stereocenters. The summed E-state index contributed by atoms with van der Waals surface area (Å²) in [6.07, 6.45) is 0. The molecule has 1 fully saturated rings. The molecular formula is C10H13ClN2O2. The van der Waals surface area contributed by atoms with Gasteiger partial charge in [-0.05, 0) is 18.2 Å². The summed E-state index contributed by atoms with van der Waals surface area (Å²) in [5.74, 6) is 6.31. The van der Waals surface area contributed by atoms with Crippen molar-refractivity contribution < 1.29 is 9.47 Å². The summed E-state index contributed by atoms with van der Waals surface area (Å²) in [6, 6.07) is 5.46. The molecule has 0 saturated carbocycles. The Hall–Kier alpha value is -0.810. The molecule has 1 aliphatic rings. The summed E-state index contributed by atoms with van der Waals surface area (Å²) < 4.78 is 10.5. The second kappa shape index (κ2) is 3.98. The largest absolute Gasteiger partial charge is 0.496 e. The van der Waals surface area contributed by atoms with Gasteiger partial charge in [-0.3, -0.25) is 5.84 Å². The normalized spacial score (nSPS) is 18.3. The number of hydrazine groups is 1. The highest BCUT2D eigenvalue weighted by molar-refractivity contribution is 6.30. The van der Waals surface area contributed by atoms with E-state index >= 15 is 0 Å². The van der Waals surface area contributed by atoms with Gasteiger partial charge < -0.3 is 9.47 Å². The number of rotatable bonds is 3. The molecule has 1 heterocycles. The first-order valence-electron chi connectivity index (χ1n) is 4.61. The molecule has 0 radical (unpaired) electrons. The van der Waals surface area contributed by atoms with E-state index < -0.39 is 0 Å². The maximum absolute atomic E-state index is 5.95. The molecule has 1 saturated heterocycles. The van der Waals surface area contributed by atoms with Crippen LogP contribution in [0.2, 0.25) is 5.02 Å². The maximum atomic E-state index is 5.95. The van der Waals surface area contributed by atoms with Gasteiger partial charge in [-0.1, -0.05) is 11.6 Å². The van der Waals surface area contributed by atoms with Crippen molar-refractivity contribution in [3.8, 4) is 5.75 Å². The van der Waals surface area contributed by atoms with E-state index in [9.17, 15) is 0 Å². The number of nitrogens with two attached hydrogens (primary N) is 1. The Kier molecular flexibility index (Phi) is 2.84. The lowest BCUT2D eigenvalue weighted by Gasteiger charge is -2.41. The number of hydrogen-bond donors (Lipinski definition) is 2. The molecule has 0 amide bonds. The minimum Gasteiger partial charge on any atom is -0.496 e. The number of benzene rings is 1. The van der Waals surface area contributed by atoms with Gasteiger partial charge in [0.05, 0.1) is 20.3 Å². The van der Waals surface area contributed by atoms with Crippen molar-refractivity contribution in [3.05, 3.63) is 28.8 Å². The van der Waals surface area contributed by atoms with Crippen LogP contribution in [0.1, 0.15) is 5.56 Å². The van der Waals surface area contributed by atoms with Gasteiger partial charge in [0.15, 0.2) is 0 Å². The molecule has 2 rings (SSSR count). The highest BCUT2D eigenvalue weighted by Gasteiger charge is 2.41. The van der Waals surface area contributed by atoms with Crippen molar-refractivity contribution in [2.75, 3.05) is 20.3 Å². The molecule has 0 aliphatic carbocycles. The fourth-order valence-corrected chi connectivity index (χ4v) is 1.85. The fourth-order valence-electron chi connectivity index (χ4n) is 1.68. The standard InChI is InChI=1S/C10H13ClN2O2/c1-14-9-3-2-7(11)4-8(9)10(13-12)5-15-6-10/h2-4,13H,5-6,12H2,1H3. The molecular weight excluding hydrogens is 216 g/mol. The molecule has 0 bridgehead atoms. The number of halogens is 1. The molecule has 1 aromatic rings. The Bertz CT molecular complexity index is 361. The summed E-state index contributed by atoms with van der Waals surface area (Å²) in [4.78, 5) is 0. The van der Waals surface area contributed by atoms with Gasteiger partial charge >= 0.3 is 0 Å². The third-order valence-electron chi connectivity index (χ3n) is 2.65. The van der Waals surface area contributed by atoms with E-state index in [0.29, 0.717) is 18.2 Å². The summed E-state index contributed by atoms with van der Waals surface area (Å²) in [7, 11) is 1.62. The van der Waals surface area contributed by atoms with E-state index in [1.807, 2.05) is 12.1 Å². The van der Waals surface area contributed by atoms with Gasteiger partial charge in [0, 0.05) is 10.6 Å². The maximum Gasteiger partial charge on any atom is 0.124 e. The smallest absolute Gasteiger partial charge is 0.124 e. The monoisotopic (exact) mass is 228 g/mol. The summed E-state index contributed by atoms with van der Waals surface area (Å²) in [6.45, 7) is 1.06. The van der Waals surface area contributed by atoms with Gasteiger partial charge in [-0.25, -0.2) is 5.43 Å². The van der Waals surface area contributed by atoms with Crippen LogP contribution in [0.25, 0.3) is 0 Å². The zero-order valence-corrected chi connectivity index (χ0v) is 9.17. The molecule has 3 N–H and O–H groups in total. The van der Waals surface area contributed by atoms with Crippen molar-refractivity contribution in [2.24, 2.45) is 5.84 Å². The van der Waals surface area contributed by atoms with Crippen LogP contribution in [0.3, 0.4) is 0 Å². The molecule has 1 aromatic carbocycles. The zero-order chi connectivity index (χ0) is 10.9. The van der Waals surface area contributed by atoms with Crippen LogP contribution in [0.5, 0.6) is 5.75 Å². The van der Waals surface area contributed by atoms with Gasteiger partial charge in [0.1, 0.15) is 11.3 Å². The second-order valence-corrected chi connectivity index (χ2v) is 4.00. The third-order valence-corrected chi connectivity index (χ3v) is 2.89. The van der Waals surface area contributed by atoms with E-state index in [4.69, 9.17) is 26.9 Å². The van der Waals surface area contributed by atoms with E-state index in [0.717, 1.165) is 11.3 Å². The molecule has 82 valence electrons. The minimum absolute atomic E-state index is 0.365. The van der Waals surface area contributed by atoms with E-state index in [1.165, 1.54) is 0 Å². The SMILES string of the molecule is COc1ccc(Cl)cc1C1(NN)COC1. The van der Waals surface area contributed by atoms with Crippen LogP contribution in [0.15, 0.2) is 18.2 Å². The number of hydrogen-bond acceptors (Lipinski definition) is 4. The van der Waals surface area contributed by atoms with Crippen LogP contribution in [0, 0.1) is 0 Å². The van der Waals surface area contributed by atoms with E-state index in [-0.39, 0.29) is 5.54 Å². The van der Waals surface area contributed by atoms with Crippen LogP contribution >= 0.6 is 11.6 Å². The van der Waals surface area contributed by atoms with Gasteiger partial charge in [0.25, 0.3) is 0 Å². The lowest BCUT2D eigenvalue weighted by Crippen LogP contribution is -2.60. The summed E-state index contributed by atoms with van der Waals surface area (Å²) >= 11 is 5.95. The predicted octanol–water partition coefficient (Wildman–Crippen LogP) is 1.04. The van der Waals surface area contributed by atoms with Crippen LogP contribution in [-0.2, 0) is 10.3 Å². The number of nitrogens with one attached hydrogen (secondary N) is 1. The van der Waals surface area contributed by atoms with Crippen molar-refractivity contribution >= 4 is 11.6 Å². The molecule has 4 nitrogen and oxygen atoms in total. The van der Waals surface area contributed by atoms with Gasteiger partial charge in [0.2, 0.25) is 0 Å². The molecule has 1 aliphatic heterocycles. The molecule has 5 heteroatoms. The van der Waals surface area contributed by atoms with Crippen LogP contribution in [0.4, 0.5) is 0 Å². The van der Waals surface area contributed by atoms with Crippen molar-refractivity contribution in [2.45, 2.75) is 5.54 Å². The molecule has 15 heavy (non-hydrogen) atoms. The van der Waals surface area contributed by atoms with Crippen molar-refractivity contribution in [1.29, 1.82) is 0 Å². The van der Waals surface area contributed by atoms with E-state index in [1.54, 1.807) is 13.2 Å². The second-order valence-electron chi connectivity index (χ2n) is 3.56. The lowest BCUT2D eigenvalue weighted by atomic mass is 9.88. The van der Waals surface area contributed by atoms with Gasteiger partial charge in [-0.2, -0.15) is 0 Å². The minimum atomic E-state index is -0.365. The third kappa shape index (κ3) is 1.70. The summed E-state index contributed by atoms with van der Waals surface area (Å²) in [5, 5.41) is 0.660. The van der Waals surface area contributed by atoms with Crippen molar-refractivity contribution in [3.63, 3.8) is 0 Å². The highest BCUT2D eigenvalue weighted by atomic mass is 35.5. The topological polar surface area (TPSA) is 56.5 Å². The highest BCUT2D eigenvalue weighted by Crippen LogP contribution is 2.36. The van der Waals surface area contributed by atoms with Crippen molar-refractivity contribution in [1.82, 2.24) is 5.43 Å². The Labute approximate surface area is 93.3 Å². The molecule has 0 aromatic heterocycles. The van der Waals surface area contributed by atoms with Gasteiger partial charge in [-0.15, -0.1) is 0 Å². The summed E-state index contributed by atoms with van der Waals surface area (Å²) in [5.41, 5.74) is 3.34. The first-order chi connectivity index (χ1) is 7.22. The number of ether oxygens (including phenoxy) is 2. The fraction of sp³-hybridized carbons (Fsp3) is 0.400. The first-order valence-corrected chi connectivity index (χ1v) is 4.99. The average Bonchev–Trinajstić information content (AvgIpc) is 2.17. The van der Waals surface area contributed by atoms with E-state index in [2.05, 4.69) is 5.43 Å². The molecule has 0 spiro atoms. The molecule has 0 unspecified atom stereocenters. The Morgan fingerprint density at radius 1 is 1.53 bits per heavy atom. The van der Waals surface area contributed by atoms with Crippen LogP contribution < -0.4 is 16.0 Å². The lowest BCUT2D eigenvalue weighted by molar-refractivity contribution is -0.0795. The Morgan fingerprint density at radius 3 is 2.73 bits per heavy atom. The Balaban J connectivity index is 2.44.